The van der Waals surface area contributed by atoms with Crippen molar-refractivity contribution in [1.82, 2.24) is 0 Å². The van der Waals surface area contributed by atoms with Gasteiger partial charge in [-0.1, -0.05) is 139 Å². The largest absolute Gasteiger partial charge is 0.454 e. The predicted octanol–water partition coefficient (Wildman–Crippen LogP) is 11.9. The predicted molar refractivity (Wildman–Crippen MR) is 202 cm³/mol. The second-order valence-corrected chi connectivity index (χ2v) is 13.2. The van der Waals surface area contributed by atoms with E-state index in [1.165, 1.54) is 39.1 Å². The van der Waals surface area contributed by atoms with Crippen molar-refractivity contribution in [1.29, 1.82) is 0 Å². The molecular formula is C47H37NO. The van der Waals surface area contributed by atoms with Crippen molar-refractivity contribution in [3.8, 4) is 11.5 Å². The SMILES string of the molecule is C1=CC=C(c2ccc(N(C3=CC=CC4C=CC=CC34)c3cccc4c3Oc3ccccc3[C@@]4(C3=CC=CCC3)c3ccccc3)cc2)CC=1. The summed E-state index contributed by atoms with van der Waals surface area (Å²) in [5.41, 5.74) is 13.6. The van der Waals surface area contributed by atoms with Gasteiger partial charge in [-0.05, 0) is 78.5 Å². The Labute approximate surface area is 289 Å². The van der Waals surface area contributed by atoms with Gasteiger partial charge in [0.05, 0.1) is 11.1 Å². The number of nitrogens with zero attached hydrogens (tertiary/aromatic N) is 1. The molecule has 3 atom stereocenters. The average molecular weight is 632 g/mol. The summed E-state index contributed by atoms with van der Waals surface area (Å²) in [5.74, 6) is 2.29. The molecule has 2 heteroatoms. The number of anilines is 2. The summed E-state index contributed by atoms with van der Waals surface area (Å²) in [6, 6.07) is 35.5. The maximum atomic E-state index is 7.14. The molecule has 49 heavy (non-hydrogen) atoms. The molecule has 4 aliphatic carbocycles. The topological polar surface area (TPSA) is 12.5 Å². The van der Waals surface area contributed by atoms with E-state index in [4.69, 9.17) is 4.74 Å². The molecule has 0 spiro atoms. The van der Waals surface area contributed by atoms with Crippen molar-refractivity contribution in [3.05, 3.63) is 215 Å². The zero-order valence-corrected chi connectivity index (χ0v) is 27.4. The van der Waals surface area contributed by atoms with E-state index in [0.29, 0.717) is 5.92 Å². The van der Waals surface area contributed by atoms with Crippen LogP contribution in [-0.4, -0.2) is 0 Å². The van der Waals surface area contributed by atoms with Crippen molar-refractivity contribution >= 4 is 16.9 Å². The summed E-state index contributed by atoms with van der Waals surface area (Å²) in [6.07, 6.45) is 31.8. The molecular weight excluding hydrogens is 595 g/mol. The monoisotopic (exact) mass is 631 g/mol. The highest BCUT2D eigenvalue weighted by Crippen LogP contribution is 2.59. The standard InChI is InChI=1S/C47H37NO/c1-4-16-34(17-5-1)35-30-32-39(33-31-35)48(43-27-14-19-36-18-10-11-24-40(36)43)44-28-15-26-42-46(44)49-45-29-13-12-25-41(45)47(42,37-20-6-2-7-21-37)38-22-8-3-9-23-38/h2-8,10-16,18-22,24-33,36,40H,9,17,23H2/t36?,40?,47-/m0/s1. The van der Waals surface area contributed by atoms with Gasteiger partial charge in [-0.2, -0.15) is 0 Å². The fraction of sp³-hybridized carbons (Fsp3) is 0.128. The molecule has 0 saturated heterocycles. The first-order valence-electron chi connectivity index (χ1n) is 17.4. The number of hydrogen-bond acceptors (Lipinski definition) is 2. The minimum Gasteiger partial charge on any atom is -0.454 e. The molecule has 1 heterocycles. The van der Waals surface area contributed by atoms with E-state index < -0.39 is 5.41 Å². The van der Waals surface area contributed by atoms with Gasteiger partial charge in [0.2, 0.25) is 0 Å². The third-order valence-electron chi connectivity index (χ3n) is 10.5. The number of benzene rings is 4. The third kappa shape index (κ3) is 4.88. The molecule has 4 aromatic rings. The van der Waals surface area contributed by atoms with Crippen LogP contribution in [0.5, 0.6) is 11.5 Å². The second-order valence-electron chi connectivity index (χ2n) is 13.2. The zero-order chi connectivity index (χ0) is 32.6. The molecule has 9 rings (SSSR count). The summed E-state index contributed by atoms with van der Waals surface area (Å²) in [6.45, 7) is 0. The van der Waals surface area contributed by atoms with Gasteiger partial charge in [-0.3, -0.25) is 0 Å². The van der Waals surface area contributed by atoms with Gasteiger partial charge in [0, 0.05) is 34.3 Å². The Morgan fingerprint density at radius 3 is 2.37 bits per heavy atom. The normalized spacial score (nSPS) is 22.7. The van der Waals surface area contributed by atoms with Crippen LogP contribution in [0.1, 0.15) is 41.5 Å². The molecule has 0 radical (unpaired) electrons. The maximum absolute atomic E-state index is 7.14. The molecule has 5 aliphatic rings. The third-order valence-corrected chi connectivity index (χ3v) is 10.5. The van der Waals surface area contributed by atoms with Crippen molar-refractivity contribution in [2.75, 3.05) is 4.90 Å². The summed E-state index contributed by atoms with van der Waals surface area (Å²) < 4.78 is 7.14. The van der Waals surface area contributed by atoms with Crippen LogP contribution >= 0.6 is 0 Å². The van der Waals surface area contributed by atoms with E-state index in [9.17, 15) is 0 Å². The minimum atomic E-state index is -0.507. The number of hydrogen-bond donors (Lipinski definition) is 0. The highest BCUT2D eigenvalue weighted by Gasteiger charge is 2.47. The van der Waals surface area contributed by atoms with Gasteiger partial charge in [-0.25, -0.2) is 0 Å². The van der Waals surface area contributed by atoms with Crippen LogP contribution in [0.2, 0.25) is 0 Å². The number of para-hydroxylation sites is 2. The average Bonchev–Trinajstić information content (AvgIpc) is 3.19. The second kappa shape index (κ2) is 12.3. The highest BCUT2D eigenvalue weighted by atomic mass is 16.5. The summed E-state index contributed by atoms with van der Waals surface area (Å²) in [4.78, 5) is 2.45. The summed E-state index contributed by atoms with van der Waals surface area (Å²) >= 11 is 0. The van der Waals surface area contributed by atoms with Crippen LogP contribution in [0.4, 0.5) is 11.4 Å². The Hall–Kier alpha value is -5.82. The Balaban J connectivity index is 1.29. The lowest BCUT2D eigenvalue weighted by atomic mass is 9.61. The van der Waals surface area contributed by atoms with Crippen LogP contribution in [0.25, 0.3) is 5.57 Å². The van der Waals surface area contributed by atoms with E-state index in [1.54, 1.807) is 0 Å². The van der Waals surface area contributed by atoms with Crippen LogP contribution in [0.3, 0.4) is 0 Å². The van der Waals surface area contributed by atoms with Gasteiger partial charge in [-0.15, -0.1) is 5.73 Å². The van der Waals surface area contributed by atoms with Gasteiger partial charge in [0.25, 0.3) is 0 Å². The molecule has 1 aliphatic heterocycles. The molecule has 0 N–H and O–H groups in total. The Morgan fingerprint density at radius 1 is 0.714 bits per heavy atom. The quantitative estimate of drug-likeness (QED) is 0.196. The molecule has 0 aromatic heterocycles. The highest BCUT2D eigenvalue weighted by molar-refractivity contribution is 5.82. The van der Waals surface area contributed by atoms with E-state index in [-0.39, 0.29) is 5.92 Å². The smallest absolute Gasteiger partial charge is 0.156 e. The fourth-order valence-electron chi connectivity index (χ4n) is 8.31. The van der Waals surface area contributed by atoms with E-state index in [2.05, 4.69) is 181 Å². The number of ether oxygens (including phenoxy) is 1. The van der Waals surface area contributed by atoms with Crippen molar-refractivity contribution in [2.45, 2.75) is 24.7 Å². The van der Waals surface area contributed by atoms with Crippen molar-refractivity contribution in [3.63, 3.8) is 0 Å². The first-order chi connectivity index (χ1) is 24.3. The molecule has 0 amide bonds. The molecule has 0 bridgehead atoms. The van der Waals surface area contributed by atoms with E-state index in [1.807, 2.05) is 6.08 Å². The van der Waals surface area contributed by atoms with Crippen LogP contribution < -0.4 is 9.64 Å². The lowest BCUT2D eigenvalue weighted by molar-refractivity contribution is 0.430. The van der Waals surface area contributed by atoms with Crippen molar-refractivity contribution in [2.24, 2.45) is 11.8 Å². The minimum absolute atomic E-state index is 0.197. The van der Waals surface area contributed by atoms with E-state index in [0.717, 1.165) is 42.1 Å². The molecule has 2 nitrogen and oxygen atoms in total. The van der Waals surface area contributed by atoms with E-state index >= 15 is 0 Å². The van der Waals surface area contributed by atoms with Gasteiger partial charge in [0.15, 0.2) is 5.75 Å². The Kier molecular flexibility index (Phi) is 7.38. The van der Waals surface area contributed by atoms with Gasteiger partial charge < -0.3 is 9.64 Å². The zero-order valence-electron chi connectivity index (χ0n) is 27.4. The molecule has 4 aromatic carbocycles. The van der Waals surface area contributed by atoms with Gasteiger partial charge in [0.1, 0.15) is 5.75 Å². The number of allylic oxidation sites excluding steroid dienone is 14. The Bertz CT molecular complexity index is 2220. The number of rotatable bonds is 6. The molecule has 236 valence electrons. The van der Waals surface area contributed by atoms with Crippen LogP contribution in [0, 0.1) is 11.8 Å². The summed E-state index contributed by atoms with van der Waals surface area (Å²) in [5, 5.41) is 0. The summed E-state index contributed by atoms with van der Waals surface area (Å²) in [7, 11) is 0. The fourth-order valence-corrected chi connectivity index (χ4v) is 8.31. The van der Waals surface area contributed by atoms with Crippen molar-refractivity contribution < 1.29 is 4.74 Å². The van der Waals surface area contributed by atoms with Crippen LogP contribution in [-0.2, 0) is 5.41 Å². The lowest BCUT2D eigenvalue weighted by Crippen LogP contribution is -2.36. The molecule has 2 unspecified atom stereocenters. The Morgan fingerprint density at radius 2 is 1.53 bits per heavy atom. The maximum Gasteiger partial charge on any atom is 0.156 e. The van der Waals surface area contributed by atoms with Crippen LogP contribution in [0.15, 0.2) is 193 Å². The van der Waals surface area contributed by atoms with Gasteiger partial charge >= 0.3 is 0 Å². The first-order valence-corrected chi connectivity index (χ1v) is 17.4. The first kappa shape index (κ1) is 29.3. The molecule has 0 fully saturated rings. The number of fused-ring (bicyclic) bond motifs is 3. The molecule has 0 saturated carbocycles. The lowest BCUT2D eigenvalue weighted by Gasteiger charge is -2.45.